The van der Waals surface area contributed by atoms with E-state index < -0.39 is 5.54 Å². The standard InChI is InChI=1S/C15H23NO3/c17-10-15(8-4-1-5-9-15)16-13(18)11-6-2-3-7-12(11)14(16)19/h11-12,17H,1-10H2. The number of likely N-dealkylation sites (tertiary alicyclic amines) is 1. The van der Waals surface area contributed by atoms with Crippen molar-refractivity contribution in [1.82, 2.24) is 4.90 Å². The van der Waals surface area contributed by atoms with E-state index in [-0.39, 0.29) is 30.3 Å². The van der Waals surface area contributed by atoms with Crippen molar-refractivity contribution in [2.75, 3.05) is 6.61 Å². The maximum Gasteiger partial charge on any atom is 0.233 e. The number of fused-ring (bicyclic) bond motifs is 1. The highest BCUT2D eigenvalue weighted by atomic mass is 16.3. The van der Waals surface area contributed by atoms with Crippen LogP contribution in [-0.4, -0.2) is 34.0 Å². The zero-order valence-corrected chi connectivity index (χ0v) is 11.4. The average molecular weight is 265 g/mol. The van der Waals surface area contributed by atoms with Crippen molar-refractivity contribution >= 4 is 11.8 Å². The number of carbonyl (C=O) groups is 2. The van der Waals surface area contributed by atoms with Gasteiger partial charge in [-0.05, 0) is 25.7 Å². The molecule has 2 unspecified atom stereocenters. The molecule has 3 aliphatic rings. The molecule has 4 nitrogen and oxygen atoms in total. The molecule has 2 saturated carbocycles. The van der Waals surface area contributed by atoms with E-state index in [9.17, 15) is 14.7 Å². The number of hydrogen-bond acceptors (Lipinski definition) is 3. The van der Waals surface area contributed by atoms with E-state index in [4.69, 9.17) is 0 Å². The van der Waals surface area contributed by atoms with Crippen LogP contribution in [-0.2, 0) is 9.59 Å². The van der Waals surface area contributed by atoms with Crippen LogP contribution >= 0.6 is 0 Å². The van der Waals surface area contributed by atoms with Crippen molar-refractivity contribution in [1.29, 1.82) is 0 Å². The Labute approximate surface area is 114 Å². The molecule has 1 N–H and O–H groups in total. The average Bonchev–Trinajstić information content (AvgIpc) is 2.73. The molecule has 2 amide bonds. The Kier molecular flexibility index (Phi) is 3.37. The Bertz CT molecular complexity index is 363. The van der Waals surface area contributed by atoms with Crippen LogP contribution in [0.15, 0.2) is 0 Å². The molecule has 1 heterocycles. The lowest BCUT2D eigenvalue weighted by Crippen LogP contribution is -2.55. The van der Waals surface area contributed by atoms with Gasteiger partial charge in [0.15, 0.2) is 0 Å². The number of rotatable bonds is 2. The highest BCUT2D eigenvalue weighted by molar-refractivity contribution is 6.06. The fourth-order valence-electron chi connectivity index (χ4n) is 4.29. The maximum atomic E-state index is 12.6. The Balaban J connectivity index is 1.90. The van der Waals surface area contributed by atoms with Crippen molar-refractivity contribution in [2.45, 2.75) is 63.3 Å². The van der Waals surface area contributed by atoms with Gasteiger partial charge in [0.2, 0.25) is 11.8 Å². The van der Waals surface area contributed by atoms with Crippen molar-refractivity contribution in [2.24, 2.45) is 11.8 Å². The molecule has 1 saturated heterocycles. The molecule has 1 aliphatic heterocycles. The van der Waals surface area contributed by atoms with Crippen molar-refractivity contribution in [3.8, 4) is 0 Å². The molecule has 0 aromatic carbocycles. The first-order valence-corrected chi connectivity index (χ1v) is 7.68. The molecule has 0 bridgehead atoms. The van der Waals surface area contributed by atoms with Gasteiger partial charge in [0.1, 0.15) is 0 Å². The summed E-state index contributed by atoms with van der Waals surface area (Å²) in [6.45, 7) is -0.0656. The van der Waals surface area contributed by atoms with Crippen molar-refractivity contribution in [3.63, 3.8) is 0 Å². The fourth-order valence-corrected chi connectivity index (χ4v) is 4.29. The van der Waals surface area contributed by atoms with Crippen molar-refractivity contribution in [3.05, 3.63) is 0 Å². The fraction of sp³-hybridized carbons (Fsp3) is 0.867. The number of imide groups is 1. The van der Waals surface area contributed by atoms with Gasteiger partial charge < -0.3 is 5.11 Å². The Morgan fingerprint density at radius 2 is 1.47 bits per heavy atom. The van der Waals surface area contributed by atoms with Crippen LogP contribution in [0.4, 0.5) is 0 Å². The quantitative estimate of drug-likeness (QED) is 0.775. The Morgan fingerprint density at radius 3 is 1.95 bits per heavy atom. The van der Waals surface area contributed by atoms with Gasteiger partial charge in [0.25, 0.3) is 0 Å². The summed E-state index contributed by atoms with van der Waals surface area (Å²) in [5, 5.41) is 9.82. The zero-order chi connectivity index (χ0) is 13.5. The third-order valence-corrected chi connectivity index (χ3v) is 5.39. The van der Waals surface area contributed by atoms with E-state index in [1.807, 2.05) is 0 Å². The van der Waals surface area contributed by atoms with E-state index in [0.717, 1.165) is 57.8 Å². The topological polar surface area (TPSA) is 57.6 Å². The molecule has 106 valence electrons. The molecule has 2 atom stereocenters. The van der Waals surface area contributed by atoms with Crippen LogP contribution in [0.3, 0.4) is 0 Å². The minimum absolute atomic E-state index is 0.00523. The molecule has 2 aliphatic carbocycles. The second-order valence-electron chi connectivity index (χ2n) is 6.45. The van der Waals surface area contributed by atoms with E-state index in [1.165, 1.54) is 4.90 Å². The van der Waals surface area contributed by atoms with Crippen LogP contribution in [0.25, 0.3) is 0 Å². The summed E-state index contributed by atoms with van der Waals surface area (Å²) >= 11 is 0. The number of hydrogen-bond donors (Lipinski definition) is 1. The molecular weight excluding hydrogens is 242 g/mol. The Morgan fingerprint density at radius 1 is 0.947 bits per heavy atom. The highest BCUT2D eigenvalue weighted by Crippen LogP contribution is 2.44. The zero-order valence-electron chi connectivity index (χ0n) is 11.4. The first-order chi connectivity index (χ1) is 9.19. The predicted molar refractivity (Wildman–Crippen MR) is 70.2 cm³/mol. The third-order valence-electron chi connectivity index (χ3n) is 5.39. The minimum atomic E-state index is -0.580. The monoisotopic (exact) mass is 265 g/mol. The number of aliphatic hydroxyl groups is 1. The molecule has 0 aromatic rings. The van der Waals surface area contributed by atoms with Crippen molar-refractivity contribution < 1.29 is 14.7 Å². The number of aliphatic hydroxyl groups excluding tert-OH is 1. The normalized spacial score (nSPS) is 34.5. The molecular formula is C15H23NO3. The number of nitrogens with zero attached hydrogens (tertiary/aromatic N) is 1. The molecule has 0 spiro atoms. The summed E-state index contributed by atoms with van der Waals surface area (Å²) in [7, 11) is 0. The maximum absolute atomic E-state index is 12.6. The third kappa shape index (κ3) is 1.92. The number of carbonyl (C=O) groups excluding carboxylic acids is 2. The summed E-state index contributed by atoms with van der Waals surface area (Å²) in [6, 6.07) is 0. The van der Waals surface area contributed by atoms with Gasteiger partial charge in [0, 0.05) is 0 Å². The van der Waals surface area contributed by atoms with Gasteiger partial charge in [-0.25, -0.2) is 0 Å². The van der Waals surface area contributed by atoms with Crippen LogP contribution in [0.1, 0.15) is 57.8 Å². The molecule has 3 rings (SSSR count). The summed E-state index contributed by atoms with van der Waals surface area (Å²) in [4.78, 5) is 26.7. The summed E-state index contributed by atoms with van der Waals surface area (Å²) in [5.41, 5.74) is -0.580. The van der Waals surface area contributed by atoms with Gasteiger partial charge in [0.05, 0.1) is 24.0 Å². The predicted octanol–water partition coefficient (Wildman–Crippen LogP) is 1.86. The summed E-state index contributed by atoms with van der Waals surface area (Å²) in [6.07, 6.45) is 8.53. The largest absolute Gasteiger partial charge is 0.394 e. The highest BCUT2D eigenvalue weighted by Gasteiger charge is 2.55. The molecule has 0 aromatic heterocycles. The first kappa shape index (κ1) is 13.1. The number of amides is 2. The molecule has 19 heavy (non-hydrogen) atoms. The summed E-state index contributed by atoms with van der Waals surface area (Å²) in [5.74, 6) is -0.172. The lowest BCUT2D eigenvalue weighted by Gasteiger charge is -2.42. The van der Waals surface area contributed by atoms with Crippen LogP contribution in [0, 0.1) is 11.8 Å². The smallest absolute Gasteiger partial charge is 0.233 e. The van der Waals surface area contributed by atoms with Crippen LogP contribution < -0.4 is 0 Å². The van der Waals surface area contributed by atoms with Gasteiger partial charge >= 0.3 is 0 Å². The van der Waals surface area contributed by atoms with E-state index in [2.05, 4.69) is 0 Å². The summed E-state index contributed by atoms with van der Waals surface area (Å²) < 4.78 is 0. The van der Waals surface area contributed by atoms with Gasteiger partial charge in [-0.15, -0.1) is 0 Å². The van der Waals surface area contributed by atoms with Crippen LogP contribution in [0.5, 0.6) is 0 Å². The Hall–Kier alpha value is -0.900. The molecule has 4 heteroatoms. The first-order valence-electron chi connectivity index (χ1n) is 7.68. The van der Waals surface area contributed by atoms with E-state index in [0.29, 0.717) is 0 Å². The lowest BCUT2D eigenvalue weighted by atomic mass is 9.81. The molecule has 0 radical (unpaired) electrons. The SMILES string of the molecule is O=C1C2CCCCC2C(=O)N1C1(CO)CCCCC1. The van der Waals surface area contributed by atoms with E-state index >= 15 is 0 Å². The second-order valence-corrected chi connectivity index (χ2v) is 6.45. The minimum Gasteiger partial charge on any atom is -0.394 e. The van der Waals surface area contributed by atoms with Gasteiger partial charge in [-0.3, -0.25) is 14.5 Å². The lowest BCUT2D eigenvalue weighted by molar-refractivity contribution is -0.151. The van der Waals surface area contributed by atoms with E-state index in [1.54, 1.807) is 0 Å². The van der Waals surface area contributed by atoms with Gasteiger partial charge in [-0.2, -0.15) is 0 Å². The van der Waals surface area contributed by atoms with Crippen LogP contribution in [0.2, 0.25) is 0 Å². The molecule has 3 fully saturated rings. The second kappa shape index (κ2) is 4.89. The van der Waals surface area contributed by atoms with Gasteiger partial charge in [-0.1, -0.05) is 32.1 Å².